The summed E-state index contributed by atoms with van der Waals surface area (Å²) in [6.07, 6.45) is 1.07. The molecular formula is C16H25N3O3. The average molecular weight is 307 g/mol. The van der Waals surface area contributed by atoms with E-state index in [9.17, 15) is 9.59 Å². The number of hydrogen-bond acceptors (Lipinski definition) is 4. The van der Waals surface area contributed by atoms with Crippen molar-refractivity contribution in [2.45, 2.75) is 52.8 Å². The summed E-state index contributed by atoms with van der Waals surface area (Å²) in [7, 11) is 0. The van der Waals surface area contributed by atoms with Crippen molar-refractivity contribution in [3.8, 4) is 0 Å². The zero-order valence-electron chi connectivity index (χ0n) is 13.8. The van der Waals surface area contributed by atoms with Gasteiger partial charge in [0.1, 0.15) is 11.6 Å². The van der Waals surface area contributed by atoms with Gasteiger partial charge in [0, 0.05) is 6.20 Å². The summed E-state index contributed by atoms with van der Waals surface area (Å²) in [6.45, 7) is 9.37. The SMILES string of the molecule is CC(C)C(NC(=O)OC(C)(C)C)C(=O)NCc1ccccn1. The molecule has 0 fully saturated rings. The molecule has 22 heavy (non-hydrogen) atoms. The highest BCUT2D eigenvalue weighted by Crippen LogP contribution is 2.09. The highest BCUT2D eigenvalue weighted by atomic mass is 16.6. The van der Waals surface area contributed by atoms with Crippen molar-refractivity contribution in [2.24, 2.45) is 5.92 Å². The number of amides is 2. The zero-order chi connectivity index (χ0) is 16.8. The molecule has 0 saturated heterocycles. The number of carbonyl (C=O) groups is 2. The van der Waals surface area contributed by atoms with Crippen molar-refractivity contribution in [2.75, 3.05) is 0 Å². The number of rotatable bonds is 5. The lowest BCUT2D eigenvalue weighted by Crippen LogP contribution is -2.50. The Hall–Kier alpha value is -2.11. The second-order valence-corrected chi connectivity index (χ2v) is 6.41. The first-order chi connectivity index (χ1) is 10.2. The molecule has 1 rings (SSSR count). The maximum absolute atomic E-state index is 12.2. The Morgan fingerprint density at radius 3 is 2.45 bits per heavy atom. The molecule has 6 nitrogen and oxygen atoms in total. The van der Waals surface area contributed by atoms with Gasteiger partial charge < -0.3 is 15.4 Å². The maximum Gasteiger partial charge on any atom is 0.408 e. The summed E-state index contributed by atoms with van der Waals surface area (Å²) in [5.74, 6) is -0.317. The second kappa shape index (κ2) is 7.77. The lowest BCUT2D eigenvalue weighted by Gasteiger charge is -2.25. The van der Waals surface area contributed by atoms with Gasteiger partial charge in [-0.3, -0.25) is 9.78 Å². The van der Waals surface area contributed by atoms with Crippen molar-refractivity contribution in [3.63, 3.8) is 0 Å². The van der Waals surface area contributed by atoms with Gasteiger partial charge in [-0.1, -0.05) is 19.9 Å². The van der Waals surface area contributed by atoms with Gasteiger partial charge in [0.2, 0.25) is 5.91 Å². The van der Waals surface area contributed by atoms with Crippen LogP contribution in [-0.2, 0) is 16.1 Å². The first-order valence-corrected chi connectivity index (χ1v) is 7.36. The van der Waals surface area contributed by atoms with E-state index in [0.717, 1.165) is 5.69 Å². The average Bonchev–Trinajstić information content (AvgIpc) is 2.41. The van der Waals surface area contributed by atoms with Crippen LogP contribution in [0.2, 0.25) is 0 Å². The molecule has 1 aromatic heterocycles. The zero-order valence-corrected chi connectivity index (χ0v) is 13.8. The minimum Gasteiger partial charge on any atom is -0.444 e. The molecule has 0 saturated carbocycles. The molecule has 0 radical (unpaired) electrons. The molecule has 122 valence electrons. The van der Waals surface area contributed by atoms with E-state index in [-0.39, 0.29) is 11.8 Å². The fraction of sp³-hybridized carbons (Fsp3) is 0.562. The van der Waals surface area contributed by atoms with Crippen LogP contribution in [0.3, 0.4) is 0 Å². The fourth-order valence-electron chi connectivity index (χ4n) is 1.76. The lowest BCUT2D eigenvalue weighted by molar-refractivity contribution is -0.124. The van der Waals surface area contributed by atoms with Crippen LogP contribution >= 0.6 is 0 Å². The number of ether oxygens (including phenoxy) is 1. The molecule has 1 unspecified atom stereocenters. The molecule has 1 aromatic rings. The standard InChI is InChI=1S/C16H25N3O3/c1-11(2)13(19-15(21)22-16(3,4)5)14(20)18-10-12-8-6-7-9-17-12/h6-9,11,13H,10H2,1-5H3,(H,18,20)(H,19,21). The van der Waals surface area contributed by atoms with E-state index in [2.05, 4.69) is 15.6 Å². The Morgan fingerprint density at radius 1 is 1.27 bits per heavy atom. The van der Waals surface area contributed by atoms with Crippen LogP contribution in [0.1, 0.15) is 40.3 Å². The molecule has 0 bridgehead atoms. The summed E-state index contributed by atoms with van der Waals surface area (Å²) in [5.41, 5.74) is 0.159. The normalized spacial score (nSPS) is 12.6. The highest BCUT2D eigenvalue weighted by Gasteiger charge is 2.26. The number of hydrogen-bond donors (Lipinski definition) is 2. The molecule has 6 heteroatoms. The van der Waals surface area contributed by atoms with Crippen molar-refractivity contribution in [1.29, 1.82) is 0 Å². The van der Waals surface area contributed by atoms with E-state index in [1.807, 2.05) is 32.0 Å². The predicted molar refractivity (Wildman–Crippen MR) is 84.1 cm³/mol. The molecule has 1 heterocycles. The van der Waals surface area contributed by atoms with Crippen molar-refractivity contribution in [3.05, 3.63) is 30.1 Å². The van der Waals surface area contributed by atoms with Crippen LogP contribution < -0.4 is 10.6 Å². The predicted octanol–water partition coefficient (Wildman–Crippen LogP) is 2.25. The number of nitrogens with one attached hydrogen (secondary N) is 2. The minimum absolute atomic E-state index is 0.0590. The monoisotopic (exact) mass is 307 g/mol. The highest BCUT2D eigenvalue weighted by molar-refractivity contribution is 5.85. The molecule has 0 aliphatic rings. The summed E-state index contributed by atoms with van der Waals surface area (Å²) in [6, 6.07) is 4.84. The van der Waals surface area contributed by atoms with Crippen molar-refractivity contribution in [1.82, 2.24) is 15.6 Å². The Bertz CT molecular complexity index is 495. The van der Waals surface area contributed by atoms with Gasteiger partial charge in [-0.2, -0.15) is 0 Å². The van der Waals surface area contributed by atoms with Gasteiger partial charge in [0.15, 0.2) is 0 Å². The number of nitrogens with zero attached hydrogens (tertiary/aromatic N) is 1. The molecule has 2 amide bonds. The van der Waals surface area contributed by atoms with Crippen molar-refractivity contribution >= 4 is 12.0 Å². The van der Waals surface area contributed by atoms with Gasteiger partial charge >= 0.3 is 6.09 Å². The molecule has 0 aliphatic carbocycles. The van der Waals surface area contributed by atoms with Gasteiger partial charge in [-0.05, 0) is 38.8 Å². The van der Waals surface area contributed by atoms with Crippen LogP contribution in [0, 0.1) is 5.92 Å². The Morgan fingerprint density at radius 2 is 1.95 bits per heavy atom. The van der Waals surface area contributed by atoms with Gasteiger partial charge in [-0.25, -0.2) is 4.79 Å². The molecule has 2 N–H and O–H groups in total. The number of carbonyl (C=O) groups excluding carboxylic acids is 2. The van der Waals surface area contributed by atoms with E-state index in [4.69, 9.17) is 4.74 Å². The maximum atomic E-state index is 12.2. The Labute approximate surface area is 131 Å². The Kier molecular flexibility index (Phi) is 6.34. The number of alkyl carbamates (subject to hydrolysis) is 1. The third-order valence-electron chi connectivity index (χ3n) is 2.79. The first kappa shape index (κ1) is 17.9. The van der Waals surface area contributed by atoms with Crippen molar-refractivity contribution < 1.29 is 14.3 Å². The van der Waals surface area contributed by atoms with Gasteiger partial charge in [0.25, 0.3) is 0 Å². The summed E-state index contributed by atoms with van der Waals surface area (Å²) < 4.78 is 5.19. The van der Waals surface area contributed by atoms with Crippen LogP contribution in [0.4, 0.5) is 4.79 Å². The van der Waals surface area contributed by atoms with E-state index in [1.54, 1.807) is 27.0 Å². The van der Waals surface area contributed by atoms with E-state index in [1.165, 1.54) is 0 Å². The quantitative estimate of drug-likeness (QED) is 0.874. The third-order valence-corrected chi connectivity index (χ3v) is 2.79. The van der Waals surface area contributed by atoms with Crippen LogP contribution in [0.25, 0.3) is 0 Å². The van der Waals surface area contributed by atoms with Crippen LogP contribution in [0.15, 0.2) is 24.4 Å². The second-order valence-electron chi connectivity index (χ2n) is 6.41. The lowest BCUT2D eigenvalue weighted by atomic mass is 10.0. The molecule has 0 aromatic carbocycles. The molecule has 1 atom stereocenters. The largest absolute Gasteiger partial charge is 0.444 e. The fourth-order valence-corrected chi connectivity index (χ4v) is 1.76. The van der Waals surface area contributed by atoms with Crippen LogP contribution in [-0.4, -0.2) is 28.6 Å². The Balaban J connectivity index is 2.58. The third kappa shape index (κ3) is 6.56. The van der Waals surface area contributed by atoms with Gasteiger partial charge in [-0.15, -0.1) is 0 Å². The molecule has 0 aliphatic heterocycles. The minimum atomic E-state index is -0.654. The first-order valence-electron chi connectivity index (χ1n) is 7.36. The summed E-state index contributed by atoms with van der Waals surface area (Å²) >= 11 is 0. The van der Waals surface area contributed by atoms with Gasteiger partial charge in [0.05, 0.1) is 12.2 Å². The van der Waals surface area contributed by atoms with E-state index in [0.29, 0.717) is 6.54 Å². The number of pyridine rings is 1. The topological polar surface area (TPSA) is 80.3 Å². The van der Waals surface area contributed by atoms with E-state index >= 15 is 0 Å². The smallest absolute Gasteiger partial charge is 0.408 e. The summed E-state index contributed by atoms with van der Waals surface area (Å²) in [4.78, 5) is 28.2. The van der Waals surface area contributed by atoms with Crippen LogP contribution in [0.5, 0.6) is 0 Å². The molecule has 0 spiro atoms. The van der Waals surface area contributed by atoms with E-state index < -0.39 is 17.7 Å². The summed E-state index contributed by atoms with van der Waals surface area (Å²) in [5, 5.41) is 5.39. The molecular weight excluding hydrogens is 282 g/mol. The number of aromatic nitrogens is 1.